The summed E-state index contributed by atoms with van der Waals surface area (Å²) in [5.74, 6) is 0.790. The molecule has 1 aliphatic heterocycles. The molecule has 0 bridgehead atoms. The maximum absolute atomic E-state index is 8.70. The van der Waals surface area contributed by atoms with Crippen molar-refractivity contribution in [2.24, 2.45) is 0 Å². The van der Waals surface area contributed by atoms with Crippen molar-refractivity contribution in [3.05, 3.63) is 23.9 Å². The Morgan fingerprint density at radius 3 is 3.29 bits per heavy atom. The first kappa shape index (κ1) is 8.97. The Kier molecular flexibility index (Phi) is 2.61. The molecule has 1 unspecified atom stereocenters. The van der Waals surface area contributed by atoms with E-state index in [1.165, 1.54) is 0 Å². The van der Waals surface area contributed by atoms with Crippen LogP contribution in [-0.2, 0) is 0 Å². The summed E-state index contributed by atoms with van der Waals surface area (Å²) < 4.78 is 0. The summed E-state index contributed by atoms with van der Waals surface area (Å²) in [7, 11) is 0. The van der Waals surface area contributed by atoms with Gasteiger partial charge in [-0.3, -0.25) is 0 Å². The zero-order chi connectivity index (χ0) is 9.80. The van der Waals surface area contributed by atoms with Crippen molar-refractivity contribution in [1.82, 2.24) is 10.3 Å². The molecule has 4 nitrogen and oxygen atoms in total. The van der Waals surface area contributed by atoms with Crippen LogP contribution < -0.4 is 10.6 Å². The second kappa shape index (κ2) is 4.07. The predicted molar refractivity (Wildman–Crippen MR) is 53.8 cm³/mol. The van der Waals surface area contributed by atoms with E-state index in [2.05, 4.69) is 21.7 Å². The van der Waals surface area contributed by atoms with Crippen LogP contribution in [0.25, 0.3) is 0 Å². The molecule has 1 saturated heterocycles. The van der Waals surface area contributed by atoms with E-state index in [9.17, 15) is 0 Å². The first-order valence-electron chi connectivity index (χ1n) is 4.72. The van der Waals surface area contributed by atoms with Gasteiger partial charge in [-0.05, 0) is 25.1 Å². The lowest BCUT2D eigenvalue weighted by Crippen LogP contribution is -2.22. The third-order valence-electron chi connectivity index (χ3n) is 2.30. The highest BCUT2D eigenvalue weighted by Gasteiger charge is 2.13. The Labute approximate surface area is 83.0 Å². The van der Waals surface area contributed by atoms with Gasteiger partial charge in [0.1, 0.15) is 5.82 Å². The highest BCUT2D eigenvalue weighted by atomic mass is 15.1. The summed E-state index contributed by atoms with van der Waals surface area (Å²) in [6.07, 6.45) is 2.77. The van der Waals surface area contributed by atoms with Crippen molar-refractivity contribution in [3.63, 3.8) is 0 Å². The number of aromatic nitrogens is 1. The summed E-state index contributed by atoms with van der Waals surface area (Å²) in [4.78, 5) is 4.16. The summed E-state index contributed by atoms with van der Waals surface area (Å²) in [6, 6.07) is 6.02. The molecular weight excluding hydrogens is 176 g/mol. The minimum atomic E-state index is 0.441. The van der Waals surface area contributed by atoms with Gasteiger partial charge >= 0.3 is 0 Å². The minimum Gasteiger partial charge on any atom is -0.366 e. The lowest BCUT2D eigenvalue weighted by molar-refractivity contribution is 0.788. The molecule has 1 aromatic heterocycles. The lowest BCUT2D eigenvalue weighted by atomic mass is 10.2. The minimum absolute atomic E-state index is 0.441. The van der Waals surface area contributed by atoms with Crippen LogP contribution in [0, 0.1) is 11.3 Å². The van der Waals surface area contributed by atoms with Crippen molar-refractivity contribution >= 4 is 5.82 Å². The summed E-state index contributed by atoms with van der Waals surface area (Å²) >= 11 is 0. The Morgan fingerprint density at radius 1 is 1.64 bits per heavy atom. The average molecular weight is 188 g/mol. The SMILES string of the molecule is N#Cc1ccnc(NC2CCNC2)c1. The smallest absolute Gasteiger partial charge is 0.127 e. The van der Waals surface area contributed by atoms with E-state index in [1.54, 1.807) is 18.3 Å². The molecule has 0 aromatic carbocycles. The number of nitriles is 1. The van der Waals surface area contributed by atoms with Crippen molar-refractivity contribution in [2.75, 3.05) is 18.4 Å². The summed E-state index contributed by atoms with van der Waals surface area (Å²) in [5, 5.41) is 15.3. The van der Waals surface area contributed by atoms with E-state index in [1.807, 2.05) is 0 Å². The van der Waals surface area contributed by atoms with Crippen LogP contribution in [0.2, 0.25) is 0 Å². The quantitative estimate of drug-likeness (QED) is 0.718. The number of anilines is 1. The van der Waals surface area contributed by atoms with Crippen molar-refractivity contribution in [3.8, 4) is 6.07 Å². The molecule has 0 spiro atoms. The van der Waals surface area contributed by atoms with Crippen molar-refractivity contribution < 1.29 is 0 Å². The van der Waals surface area contributed by atoms with Crippen molar-refractivity contribution in [2.45, 2.75) is 12.5 Å². The van der Waals surface area contributed by atoms with Crippen LogP contribution in [0.3, 0.4) is 0 Å². The van der Waals surface area contributed by atoms with Crippen LogP contribution in [0.15, 0.2) is 18.3 Å². The van der Waals surface area contributed by atoms with Crippen LogP contribution in [0.1, 0.15) is 12.0 Å². The first-order valence-corrected chi connectivity index (χ1v) is 4.72. The zero-order valence-corrected chi connectivity index (χ0v) is 7.83. The molecule has 4 heteroatoms. The van der Waals surface area contributed by atoms with Crippen LogP contribution in [0.5, 0.6) is 0 Å². The van der Waals surface area contributed by atoms with Gasteiger partial charge in [-0.2, -0.15) is 5.26 Å². The topological polar surface area (TPSA) is 60.7 Å². The Hall–Kier alpha value is -1.60. The third kappa shape index (κ3) is 2.01. The molecule has 0 amide bonds. The number of rotatable bonds is 2. The third-order valence-corrected chi connectivity index (χ3v) is 2.30. The molecule has 0 aliphatic carbocycles. The van der Waals surface area contributed by atoms with Crippen LogP contribution >= 0.6 is 0 Å². The van der Waals surface area contributed by atoms with E-state index in [-0.39, 0.29) is 0 Å². The second-order valence-electron chi connectivity index (χ2n) is 3.38. The molecule has 1 atom stereocenters. The highest BCUT2D eigenvalue weighted by Crippen LogP contribution is 2.09. The monoisotopic (exact) mass is 188 g/mol. The average Bonchev–Trinajstić information content (AvgIpc) is 2.71. The normalized spacial score (nSPS) is 20.4. The van der Waals surface area contributed by atoms with Gasteiger partial charge in [0.2, 0.25) is 0 Å². The Morgan fingerprint density at radius 2 is 2.57 bits per heavy atom. The Balaban J connectivity index is 2.05. The molecule has 2 rings (SSSR count). The fraction of sp³-hybridized carbons (Fsp3) is 0.400. The number of hydrogen-bond donors (Lipinski definition) is 2. The van der Waals surface area contributed by atoms with Crippen molar-refractivity contribution in [1.29, 1.82) is 5.26 Å². The number of hydrogen-bond acceptors (Lipinski definition) is 4. The van der Waals surface area contributed by atoms with Gasteiger partial charge in [0.05, 0.1) is 11.6 Å². The highest BCUT2D eigenvalue weighted by molar-refractivity contribution is 5.43. The van der Waals surface area contributed by atoms with Gasteiger partial charge < -0.3 is 10.6 Å². The van der Waals surface area contributed by atoms with Gasteiger partial charge in [0.15, 0.2) is 0 Å². The Bertz CT molecular complexity index is 349. The first-order chi connectivity index (χ1) is 6.88. The number of pyridine rings is 1. The maximum Gasteiger partial charge on any atom is 0.127 e. The van der Waals surface area contributed by atoms with Gasteiger partial charge in [-0.15, -0.1) is 0 Å². The number of nitrogens with one attached hydrogen (secondary N) is 2. The van der Waals surface area contributed by atoms with Gasteiger partial charge in [0.25, 0.3) is 0 Å². The predicted octanol–water partition coefficient (Wildman–Crippen LogP) is 0.727. The molecule has 72 valence electrons. The molecule has 1 aromatic rings. The fourth-order valence-corrected chi connectivity index (χ4v) is 1.57. The lowest BCUT2D eigenvalue weighted by Gasteiger charge is -2.11. The van der Waals surface area contributed by atoms with E-state index in [0.717, 1.165) is 25.3 Å². The summed E-state index contributed by atoms with van der Waals surface area (Å²) in [5.41, 5.74) is 0.647. The summed E-state index contributed by atoms with van der Waals surface area (Å²) in [6.45, 7) is 2.02. The molecular formula is C10H12N4. The molecule has 2 N–H and O–H groups in total. The zero-order valence-electron chi connectivity index (χ0n) is 7.83. The molecule has 0 radical (unpaired) electrons. The maximum atomic E-state index is 8.70. The van der Waals surface area contributed by atoms with Crippen LogP contribution in [0.4, 0.5) is 5.82 Å². The molecule has 1 aliphatic rings. The van der Waals surface area contributed by atoms with E-state index < -0.39 is 0 Å². The van der Waals surface area contributed by atoms with Crippen LogP contribution in [-0.4, -0.2) is 24.1 Å². The van der Waals surface area contributed by atoms with Gasteiger partial charge in [-0.1, -0.05) is 0 Å². The fourth-order valence-electron chi connectivity index (χ4n) is 1.57. The van der Waals surface area contributed by atoms with E-state index in [4.69, 9.17) is 5.26 Å². The van der Waals surface area contributed by atoms with Gasteiger partial charge in [-0.25, -0.2) is 4.98 Å². The van der Waals surface area contributed by atoms with E-state index in [0.29, 0.717) is 11.6 Å². The second-order valence-corrected chi connectivity index (χ2v) is 3.38. The van der Waals surface area contributed by atoms with Gasteiger partial charge in [0, 0.05) is 18.8 Å². The molecule has 1 fully saturated rings. The molecule has 2 heterocycles. The number of nitrogens with zero attached hydrogens (tertiary/aromatic N) is 2. The molecule has 0 saturated carbocycles. The largest absolute Gasteiger partial charge is 0.366 e. The van der Waals surface area contributed by atoms with E-state index >= 15 is 0 Å². The molecule has 14 heavy (non-hydrogen) atoms. The standard InChI is InChI=1S/C10H12N4/c11-6-8-1-4-13-10(5-8)14-9-2-3-12-7-9/h1,4-5,9,12H,2-3,7H2,(H,13,14).